The first-order chi connectivity index (χ1) is 18.0. The van der Waals surface area contributed by atoms with Crippen molar-refractivity contribution >= 4 is 5.97 Å². The molecule has 2 aromatic carbocycles. The van der Waals surface area contributed by atoms with Gasteiger partial charge in [0.2, 0.25) is 0 Å². The van der Waals surface area contributed by atoms with Gasteiger partial charge in [0.1, 0.15) is 12.4 Å². The van der Waals surface area contributed by atoms with Gasteiger partial charge in [0, 0.05) is 30.9 Å². The number of ether oxygens (including phenoxy) is 2. The number of aromatic nitrogens is 1. The zero-order valence-electron chi connectivity index (χ0n) is 21.8. The fourth-order valence-electron chi connectivity index (χ4n) is 4.62. The summed E-state index contributed by atoms with van der Waals surface area (Å²) in [7, 11) is 0. The third-order valence-corrected chi connectivity index (χ3v) is 6.82. The van der Waals surface area contributed by atoms with Gasteiger partial charge in [0.25, 0.3) is 5.56 Å². The highest BCUT2D eigenvalue weighted by Crippen LogP contribution is 2.28. The number of hydrogen-bond donors (Lipinski definition) is 1. The maximum absolute atomic E-state index is 12.9. The third-order valence-electron chi connectivity index (χ3n) is 6.82. The first kappa shape index (κ1) is 26.7. The van der Waals surface area contributed by atoms with E-state index in [0.29, 0.717) is 12.5 Å². The maximum Gasteiger partial charge on any atom is 0.308 e. The van der Waals surface area contributed by atoms with Crippen LogP contribution in [0.2, 0.25) is 0 Å². The largest absolute Gasteiger partial charge is 0.490 e. The third kappa shape index (κ3) is 8.05. The minimum atomic E-state index is -0.276. The first-order valence-corrected chi connectivity index (χ1v) is 13.3. The number of pyridine rings is 1. The molecule has 1 unspecified atom stereocenters. The highest BCUT2D eigenvalue weighted by atomic mass is 16.5. The van der Waals surface area contributed by atoms with Gasteiger partial charge >= 0.3 is 5.97 Å². The van der Waals surface area contributed by atoms with Gasteiger partial charge in [-0.15, -0.1) is 0 Å². The summed E-state index contributed by atoms with van der Waals surface area (Å²) in [6.45, 7) is 5.10. The molecule has 1 heterocycles. The molecule has 0 bridgehead atoms. The molecule has 0 radical (unpaired) electrons. The highest BCUT2D eigenvalue weighted by Gasteiger charge is 2.23. The fraction of sp³-hybridized carbons (Fsp3) is 0.419. The summed E-state index contributed by atoms with van der Waals surface area (Å²) in [5.41, 5.74) is 1.90. The average Bonchev–Trinajstić information content (AvgIpc) is 2.87. The summed E-state index contributed by atoms with van der Waals surface area (Å²) < 4.78 is 13.5. The second-order valence-electron chi connectivity index (χ2n) is 10.3. The van der Waals surface area contributed by atoms with Crippen LogP contribution < -0.4 is 15.6 Å². The fourth-order valence-corrected chi connectivity index (χ4v) is 4.62. The molecule has 0 saturated heterocycles. The molecule has 6 heteroatoms. The summed E-state index contributed by atoms with van der Waals surface area (Å²) in [6, 6.07) is 22.6. The van der Waals surface area contributed by atoms with Gasteiger partial charge in [-0.3, -0.25) is 9.59 Å². The lowest BCUT2D eigenvalue weighted by Crippen LogP contribution is -2.35. The van der Waals surface area contributed by atoms with Crippen molar-refractivity contribution in [3.05, 3.63) is 100 Å². The quantitative estimate of drug-likeness (QED) is 0.298. The van der Waals surface area contributed by atoms with Crippen LogP contribution in [0.15, 0.2) is 83.8 Å². The number of hydrogen-bond acceptors (Lipinski definition) is 5. The van der Waals surface area contributed by atoms with Crippen LogP contribution >= 0.6 is 0 Å². The molecule has 2 atom stereocenters. The monoisotopic (exact) mass is 502 g/mol. The first-order valence-electron chi connectivity index (χ1n) is 13.3. The number of carbonyl (C=O) groups is 1. The van der Waals surface area contributed by atoms with Crippen molar-refractivity contribution in [2.45, 2.75) is 70.7 Å². The summed E-state index contributed by atoms with van der Waals surface area (Å²) >= 11 is 0. The van der Waals surface area contributed by atoms with Crippen LogP contribution in [0.3, 0.4) is 0 Å². The van der Waals surface area contributed by atoms with E-state index in [0.717, 1.165) is 36.1 Å². The zero-order valence-corrected chi connectivity index (χ0v) is 21.8. The van der Waals surface area contributed by atoms with E-state index in [-0.39, 0.29) is 42.7 Å². The molecule has 1 aliphatic carbocycles. The number of nitrogens with zero attached hydrogens (tertiary/aromatic N) is 1. The lowest BCUT2D eigenvalue weighted by molar-refractivity contribution is -0.145. The molecule has 6 nitrogen and oxygen atoms in total. The molecule has 1 saturated carbocycles. The van der Waals surface area contributed by atoms with Gasteiger partial charge in [-0.2, -0.15) is 0 Å². The van der Waals surface area contributed by atoms with Crippen molar-refractivity contribution in [3.8, 4) is 5.75 Å². The highest BCUT2D eigenvalue weighted by molar-refractivity contribution is 5.70. The molecule has 1 fully saturated rings. The minimum Gasteiger partial charge on any atom is -0.490 e. The van der Waals surface area contributed by atoms with Crippen LogP contribution in [0.1, 0.15) is 69.2 Å². The average molecular weight is 503 g/mol. The topological polar surface area (TPSA) is 69.6 Å². The van der Waals surface area contributed by atoms with Crippen molar-refractivity contribution in [3.63, 3.8) is 0 Å². The maximum atomic E-state index is 12.9. The summed E-state index contributed by atoms with van der Waals surface area (Å²) in [4.78, 5) is 25.5. The van der Waals surface area contributed by atoms with E-state index in [1.165, 1.54) is 6.42 Å². The second kappa shape index (κ2) is 13.2. The molecular weight excluding hydrogens is 464 g/mol. The van der Waals surface area contributed by atoms with E-state index < -0.39 is 0 Å². The number of esters is 1. The molecule has 0 aliphatic heterocycles. The Balaban J connectivity index is 1.50. The van der Waals surface area contributed by atoms with Gasteiger partial charge in [-0.25, -0.2) is 0 Å². The summed E-state index contributed by atoms with van der Waals surface area (Å²) in [6.07, 6.45) is 6.51. The Hall–Kier alpha value is -3.38. The summed E-state index contributed by atoms with van der Waals surface area (Å²) in [5.74, 6) is 0.959. The van der Waals surface area contributed by atoms with Crippen LogP contribution in [0.4, 0.5) is 0 Å². The summed E-state index contributed by atoms with van der Waals surface area (Å²) in [5, 5.41) is 3.59. The molecule has 3 aromatic rings. The molecule has 196 valence electrons. The van der Waals surface area contributed by atoms with E-state index in [1.807, 2.05) is 66.9 Å². The van der Waals surface area contributed by atoms with Gasteiger partial charge < -0.3 is 19.4 Å². The predicted molar refractivity (Wildman–Crippen MR) is 146 cm³/mol. The van der Waals surface area contributed by atoms with Crippen LogP contribution in [-0.4, -0.2) is 23.2 Å². The van der Waals surface area contributed by atoms with E-state index in [4.69, 9.17) is 9.47 Å². The lowest BCUT2D eigenvalue weighted by atomic mass is 9.96. The Morgan fingerprint density at radius 1 is 1.03 bits per heavy atom. The number of rotatable bonds is 13. The normalized spacial score (nSPS) is 15.1. The van der Waals surface area contributed by atoms with Gasteiger partial charge in [-0.05, 0) is 60.9 Å². The van der Waals surface area contributed by atoms with E-state index in [9.17, 15) is 9.59 Å². The Kier molecular flexibility index (Phi) is 9.55. The Morgan fingerprint density at radius 2 is 1.81 bits per heavy atom. The SMILES string of the molecule is CC(C)C[C@@H](CNC(CC(=O)OCc1ccccc1)c1cccc(OC2CCC2)c1)n1ccccc1=O. The van der Waals surface area contributed by atoms with Crippen molar-refractivity contribution in [1.29, 1.82) is 0 Å². The molecule has 1 aromatic heterocycles. The number of carbonyl (C=O) groups excluding carboxylic acids is 1. The van der Waals surface area contributed by atoms with Crippen molar-refractivity contribution in [2.75, 3.05) is 6.54 Å². The van der Waals surface area contributed by atoms with E-state index in [1.54, 1.807) is 16.7 Å². The number of nitrogens with one attached hydrogen (secondary N) is 1. The molecular formula is C31H38N2O4. The predicted octanol–water partition coefficient (Wildman–Crippen LogP) is 5.83. The molecule has 1 N–H and O–H groups in total. The van der Waals surface area contributed by atoms with Gasteiger partial charge in [0.05, 0.1) is 12.5 Å². The van der Waals surface area contributed by atoms with Crippen molar-refractivity contribution in [2.24, 2.45) is 5.92 Å². The molecule has 0 amide bonds. The van der Waals surface area contributed by atoms with Crippen LogP contribution in [0.5, 0.6) is 5.75 Å². The zero-order chi connectivity index (χ0) is 26.0. The molecule has 4 rings (SSSR count). The Labute approximate surface area is 219 Å². The Morgan fingerprint density at radius 3 is 2.51 bits per heavy atom. The Bertz CT molecular complexity index is 1190. The standard InChI is InChI=1S/C31H38N2O4/c1-23(2)18-26(33-17-7-6-16-30(33)34)21-32-29(20-31(35)36-22-24-10-4-3-5-11-24)25-12-8-15-28(19-25)37-27-13-9-14-27/h3-8,10-12,15-17,19,23,26-27,29,32H,9,13-14,18,20-22H2,1-2H3/t26-,29?/m0/s1. The van der Waals surface area contributed by atoms with Crippen LogP contribution in [0, 0.1) is 5.92 Å². The molecule has 37 heavy (non-hydrogen) atoms. The molecule has 0 spiro atoms. The molecule has 1 aliphatic rings. The number of benzene rings is 2. The van der Waals surface area contributed by atoms with Crippen LogP contribution in [0.25, 0.3) is 0 Å². The lowest BCUT2D eigenvalue weighted by Gasteiger charge is -2.28. The van der Waals surface area contributed by atoms with Crippen molar-refractivity contribution in [1.82, 2.24) is 9.88 Å². The smallest absolute Gasteiger partial charge is 0.308 e. The minimum absolute atomic E-state index is 0.0235. The van der Waals surface area contributed by atoms with Gasteiger partial charge in [0.15, 0.2) is 0 Å². The van der Waals surface area contributed by atoms with Crippen molar-refractivity contribution < 1.29 is 14.3 Å². The van der Waals surface area contributed by atoms with E-state index in [2.05, 4.69) is 19.2 Å². The van der Waals surface area contributed by atoms with Gasteiger partial charge in [-0.1, -0.05) is 62.4 Å². The van der Waals surface area contributed by atoms with Crippen LogP contribution in [-0.2, 0) is 16.1 Å². The second-order valence-corrected chi connectivity index (χ2v) is 10.3. The van der Waals surface area contributed by atoms with E-state index >= 15 is 0 Å².